The van der Waals surface area contributed by atoms with E-state index >= 15 is 0 Å². The van der Waals surface area contributed by atoms with Crippen LogP contribution in [0.25, 0.3) is 0 Å². The van der Waals surface area contributed by atoms with Gasteiger partial charge in [0.1, 0.15) is 5.76 Å². The van der Waals surface area contributed by atoms with Crippen molar-refractivity contribution in [3.8, 4) is 0 Å². The Hall–Kier alpha value is -3.06. The molecule has 144 valence electrons. The molecule has 6 nitrogen and oxygen atoms in total. The van der Waals surface area contributed by atoms with Gasteiger partial charge in [-0.1, -0.05) is 41.6 Å². The number of nitrogens with one attached hydrogen (secondary N) is 2. The minimum atomic E-state index is -0.340. The Kier molecular flexibility index (Phi) is 6.49. The molecular formula is C21H21N3O3S. The number of anilines is 2. The molecule has 1 unspecified atom stereocenters. The molecule has 0 aliphatic heterocycles. The van der Waals surface area contributed by atoms with Crippen LogP contribution in [-0.4, -0.2) is 22.2 Å². The average Bonchev–Trinajstić information content (AvgIpc) is 3.07. The molecule has 0 saturated carbocycles. The first-order valence-electron chi connectivity index (χ1n) is 8.84. The number of aryl methyl sites for hydroxylation is 1. The molecule has 2 N–H and O–H groups in total. The molecule has 0 spiro atoms. The highest BCUT2D eigenvalue weighted by atomic mass is 32.2. The maximum atomic E-state index is 12.3. The normalized spacial score (nSPS) is 11.6. The summed E-state index contributed by atoms with van der Waals surface area (Å²) in [4.78, 5) is 25.4. The van der Waals surface area contributed by atoms with Crippen molar-refractivity contribution in [1.82, 2.24) is 5.16 Å². The van der Waals surface area contributed by atoms with Crippen LogP contribution in [0.1, 0.15) is 18.2 Å². The third-order valence-electron chi connectivity index (χ3n) is 3.89. The van der Waals surface area contributed by atoms with Crippen LogP contribution in [0.5, 0.6) is 0 Å². The molecule has 1 heterocycles. The Morgan fingerprint density at radius 2 is 1.86 bits per heavy atom. The molecule has 0 aliphatic rings. The third-order valence-corrected chi connectivity index (χ3v) is 4.98. The van der Waals surface area contributed by atoms with E-state index in [4.69, 9.17) is 4.52 Å². The third kappa shape index (κ3) is 5.72. The minimum absolute atomic E-state index is 0.0828. The summed E-state index contributed by atoms with van der Waals surface area (Å²) in [5.41, 5.74) is 1.66. The van der Waals surface area contributed by atoms with Crippen molar-refractivity contribution in [2.24, 2.45) is 0 Å². The summed E-state index contributed by atoms with van der Waals surface area (Å²) in [6.45, 7) is 3.58. The molecule has 0 radical (unpaired) electrons. The number of rotatable bonds is 7. The molecule has 1 aromatic heterocycles. The predicted molar refractivity (Wildman–Crippen MR) is 110 cm³/mol. The molecule has 7 heteroatoms. The van der Waals surface area contributed by atoms with Crippen LogP contribution in [0.3, 0.4) is 0 Å². The lowest BCUT2D eigenvalue weighted by atomic mass is 10.1. The van der Waals surface area contributed by atoms with Crippen molar-refractivity contribution >= 4 is 35.1 Å². The number of nitrogens with zero attached hydrogens (tertiary/aromatic N) is 1. The van der Waals surface area contributed by atoms with Crippen LogP contribution in [-0.2, 0) is 16.0 Å². The molecule has 3 rings (SSSR count). The van der Waals surface area contributed by atoms with Gasteiger partial charge in [0.25, 0.3) is 0 Å². The lowest BCUT2D eigenvalue weighted by Crippen LogP contribution is -2.22. The van der Waals surface area contributed by atoms with Crippen LogP contribution >= 0.6 is 11.8 Å². The smallest absolute Gasteiger partial charge is 0.238 e. The lowest BCUT2D eigenvalue weighted by Gasteiger charge is -2.12. The molecule has 2 aromatic carbocycles. The summed E-state index contributed by atoms with van der Waals surface area (Å²) in [6, 6.07) is 18.7. The Bertz CT molecular complexity index is 956. The summed E-state index contributed by atoms with van der Waals surface area (Å²) >= 11 is 1.40. The second-order valence-corrected chi connectivity index (χ2v) is 7.72. The summed E-state index contributed by atoms with van der Waals surface area (Å²) in [7, 11) is 0. The van der Waals surface area contributed by atoms with Gasteiger partial charge < -0.3 is 15.2 Å². The molecule has 0 bridgehead atoms. The summed E-state index contributed by atoms with van der Waals surface area (Å²) in [5.74, 6) is 0.781. The zero-order valence-electron chi connectivity index (χ0n) is 15.6. The second-order valence-electron chi connectivity index (χ2n) is 6.31. The topological polar surface area (TPSA) is 84.2 Å². The number of carbonyl (C=O) groups excluding carboxylic acids is 2. The van der Waals surface area contributed by atoms with Gasteiger partial charge in [-0.2, -0.15) is 0 Å². The van der Waals surface area contributed by atoms with Crippen molar-refractivity contribution in [3.05, 3.63) is 72.0 Å². The average molecular weight is 395 g/mol. The number of carbonyl (C=O) groups is 2. The van der Waals surface area contributed by atoms with Gasteiger partial charge in [0.05, 0.1) is 11.7 Å². The van der Waals surface area contributed by atoms with E-state index in [-0.39, 0.29) is 17.1 Å². The van der Waals surface area contributed by atoms with Crippen LogP contribution in [0, 0.1) is 6.92 Å². The number of thioether (sulfide) groups is 1. The molecular weight excluding hydrogens is 374 g/mol. The molecule has 2 amide bonds. The van der Waals surface area contributed by atoms with Crippen LogP contribution in [0.4, 0.5) is 11.5 Å². The van der Waals surface area contributed by atoms with E-state index in [2.05, 4.69) is 15.8 Å². The van der Waals surface area contributed by atoms with Crippen LogP contribution in [0.15, 0.2) is 70.1 Å². The highest BCUT2D eigenvalue weighted by Gasteiger charge is 2.16. The maximum Gasteiger partial charge on any atom is 0.238 e. The van der Waals surface area contributed by atoms with Gasteiger partial charge >= 0.3 is 0 Å². The lowest BCUT2D eigenvalue weighted by molar-refractivity contribution is -0.116. The van der Waals surface area contributed by atoms with E-state index < -0.39 is 0 Å². The van der Waals surface area contributed by atoms with Crippen molar-refractivity contribution in [2.45, 2.75) is 30.4 Å². The van der Waals surface area contributed by atoms with Crippen molar-refractivity contribution in [2.75, 3.05) is 10.6 Å². The number of aromatic nitrogens is 1. The van der Waals surface area contributed by atoms with Crippen molar-refractivity contribution in [3.63, 3.8) is 0 Å². The van der Waals surface area contributed by atoms with Crippen LogP contribution in [0.2, 0.25) is 0 Å². The van der Waals surface area contributed by atoms with Gasteiger partial charge in [-0.3, -0.25) is 9.59 Å². The first-order valence-corrected chi connectivity index (χ1v) is 9.72. The summed E-state index contributed by atoms with van der Waals surface area (Å²) in [6.07, 6.45) is 0.314. The van der Waals surface area contributed by atoms with Gasteiger partial charge in [0.2, 0.25) is 11.8 Å². The first-order chi connectivity index (χ1) is 13.5. The number of benzene rings is 2. The highest BCUT2D eigenvalue weighted by Crippen LogP contribution is 2.26. The minimum Gasteiger partial charge on any atom is -0.360 e. The van der Waals surface area contributed by atoms with Gasteiger partial charge in [0.15, 0.2) is 5.82 Å². The van der Waals surface area contributed by atoms with Crippen molar-refractivity contribution in [1.29, 1.82) is 0 Å². The van der Waals surface area contributed by atoms with Crippen molar-refractivity contribution < 1.29 is 14.1 Å². The fraction of sp³-hybridized carbons (Fsp3) is 0.190. The fourth-order valence-electron chi connectivity index (χ4n) is 2.54. The molecule has 0 aliphatic carbocycles. The second kappa shape index (κ2) is 9.23. The fourth-order valence-corrected chi connectivity index (χ4v) is 3.47. The Morgan fingerprint density at radius 3 is 2.57 bits per heavy atom. The van der Waals surface area contributed by atoms with Gasteiger partial charge in [-0.15, -0.1) is 11.8 Å². The van der Waals surface area contributed by atoms with E-state index in [1.54, 1.807) is 13.0 Å². The number of amides is 2. The Balaban J connectivity index is 1.56. The molecule has 0 saturated heterocycles. The first kappa shape index (κ1) is 19.7. The standard InChI is InChI=1S/C21H21N3O3S/c1-14-11-19(24-27-14)23-21(26)15(2)28-18-10-6-9-17(13-18)22-20(25)12-16-7-4-3-5-8-16/h3-11,13,15H,12H2,1-2H3,(H,22,25)(H,23,24,26). The molecule has 28 heavy (non-hydrogen) atoms. The molecule has 1 atom stereocenters. The van der Waals surface area contributed by atoms with E-state index in [9.17, 15) is 9.59 Å². The Morgan fingerprint density at radius 1 is 1.07 bits per heavy atom. The quantitative estimate of drug-likeness (QED) is 0.583. The SMILES string of the molecule is Cc1cc(NC(=O)C(C)Sc2cccc(NC(=O)Cc3ccccc3)c2)no1. The van der Waals surface area contributed by atoms with E-state index in [0.717, 1.165) is 10.5 Å². The maximum absolute atomic E-state index is 12.3. The number of hydrogen-bond donors (Lipinski definition) is 2. The largest absolute Gasteiger partial charge is 0.360 e. The highest BCUT2D eigenvalue weighted by molar-refractivity contribution is 8.00. The zero-order valence-corrected chi connectivity index (χ0v) is 16.5. The predicted octanol–water partition coefficient (Wildman–Crippen LogP) is 4.28. The van der Waals surface area contributed by atoms with Gasteiger partial charge in [0, 0.05) is 16.6 Å². The van der Waals surface area contributed by atoms with Gasteiger partial charge in [-0.05, 0) is 37.6 Å². The van der Waals surface area contributed by atoms with E-state index in [1.807, 2.05) is 61.5 Å². The summed E-state index contributed by atoms with van der Waals surface area (Å²) in [5, 5.41) is 9.05. The van der Waals surface area contributed by atoms with Gasteiger partial charge in [-0.25, -0.2) is 0 Å². The van der Waals surface area contributed by atoms with E-state index in [0.29, 0.717) is 23.7 Å². The molecule has 0 fully saturated rings. The van der Waals surface area contributed by atoms with Crippen LogP contribution < -0.4 is 10.6 Å². The van der Waals surface area contributed by atoms with E-state index in [1.165, 1.54) is 11.8 Å². The molecule has 3 aromatic rings. The monoisotopic (exact) mass is 395 g/mol. The Labute approximate surface area is 167 Å². The zero-order chi connectivity index (χ0) is 19.9. The number of hydrogen-bond acceptors (Lipinski definition) is 5. The summed E-state index contributed by atoms with van der Waals surface area (Å²) < 4.78 is 4.95.